The Kier molecular flexibility index (Phi) is 6.95. The number of carbonyl (C=O) groups is 1. The predicted octanol–water partition coefficient (Wildman–Crippen LogP) is 4.33. The molecule has 1 N–H and O–H groups in total. The number of benzene rings is 1. The second-order valence-electron chi connectivity index (χ2n) is 7.61. The number of nitrogens with zero attached hydrogens (tertiary/aromatic N) is 4. The van der Waals surface area contributed by atoms with Crippen LogP contribution in [-0.2, 0) is 24.6 Å². The van der Waals surface area contributed by atoms with Crippen molar-refractivity contribution in [2.24, 2.45) is 7.05 Å². The lowest BCUT2D eigenvalue weighted by molar-refractivity contribution is -0.137. The fraction of sp³-hybridized carbons (Fsp3) is 0.550. The Labute approximate surface area is 178 Å². The maximum absolute atomic E-state index is 12.8. The molecule has 2 atom stereocenters. The van der Waals surface area contributed by atoms with E-state index >= 15 is 0 Å². The fourth-order valence-corrected chi connectivity index (χ4v) is 4.52. The van der Waals surface area contributed by atoms with Crippen molar-refractivity contribution in [3.05, 3.63) is 35.7 Å². The zero-order chi connectivity index (χ0) is 21.9. The Balaban J connectivity index is 1.58. The summed E-state index contributed by atoms with van der Waals surface area (Å²) in [6.07, 6.45) is -1.20. The maximum Gasteiger partial charge on any atom is 0.416 e. The molecule has 2 heterocycles. The third kappa shape index (κ3) is 5.27. The Morgan fingerprint density at radius 3 is 2.60 bits per heavy atom. The summed E-state index contributed by atoms with van der Waals surface area (Å²) in [7, 11) is 1.78. The van der Waals surface area contributed by atoms with Crippen LogP contribution in [0.3, 0.4) is 0 Å². The summed E-state index contributed by atoms with van der Waals surface area (Å²) in [5.74, 6) is 0.940. The van der Waals surface area contributed by atoms with Gasteiger partial charge in [-0.3, -0.25) is 4.79 Å². The molecule has 164 valence electrons. The van der Waals surface area contributed by atoms with E-state index in [1.54, 1.807) is 17.7 Å². The molecular formula is C20H26F3N5OS. The second-order valence-corrected chi connectivity index (χ2v) is 8.55. The average Bonchev–Trinajstić information content (AvgIpc) is 3.04. The van der Waals surface area contributed by atoms with Gasteiger partial charge in [0.2, 0.25) is 5.91 Å². The molecule has 0 spiro atoms. The van der Waals surface area contributed by atoms with Crippen LogP contribution in [0, 0.1) is 0 Å². The highest BCUT2D eigenvalue weighted by molar-refractivity contribution is 7.99. The fourth-order valence-electron chi connectivity index (χ4n) is 3.73. The van der Waals surface area contributed by atoms with Gasteiger partial charge in [-0.15, -0.1) is 10.2 Å². The largest absolute Gasteiger partial charge is 0.416 e. The van der Waals surface area contributed by atoms with Crippen LogP contribution in [-0.4, -0.2) is 43.4 Å². The van der Waals surface area contributed by atoms with Crippen LogP contribution >= 0.6 is 11.8 Å². The van der Waals surface area contributed by atoms with Gasteiger partial charge >= 0.3 is 6.18 Å². The van der Waals surface area contributed by atoms with Gasteiger partial charge in [-0.2, -0.15) is 13.2 Å². The van der Waals surface area contributed by atoms with Gasteiger partial charge in [0.15, 0.2) is 11.0 Å². The highest BCUT2D eigenvalue weighted by atomic mass is 32.2. The maximum atomic E-state index is 12.8. The van der Waals surface area contributed by atoms with Crippen LogP contribution < -0.4 is 5.32 Å². The molecule has 30 heavy (non-hydrogen) atoms. The van der Waals surface area contributed by atoms with Crippen molar-refractivity contribution in [1.82, 2.24) is 19.7 Å². The normalized spacial score (nSPS) is 19.7. The van der Waals surface area contributed by atoms with Crippen molar-refractivity contribution in [2.75, 3.05) is 11.1 Å². The van der Waals surface area contributed by atoms with Gasteiger partial charge in [0.1, 0.15) is 0 Å². The molecule has 2 aromatic rings. The van der Waals surface area contributed by atoms with Crippen molar-refractivity contribution < 1.29 is 18.0 Å². The number of halogens is 3. The highest BCUT2D eigenvalue weighted by Gasteiger charge is 2.30. The number of hydrogen-bond acceptors (Lipinski definition) is 5. The first kappa shape index (κ1) is 22.5. The Morgan fingerprint density at radius 1 is 1.23 bits per heavy atom. The lowest BCUT2D eigenvalue weighted by Gasteiger charge is -2.39. The summed E-state index contributed by atoms with van der Waals surface area (Å²) in [5.41, 5.74) is -0.355. The summed E-state index contributed by atoms with van der Waals surface area (Å²) in [6, 6.07) is 5.51. The van der Waals surface area contributed by atoms with E-state index < -0.39 is 11.7 Å². The second kappa shape index (κ2) is 9.28. The minimum absolute atomic E-state index is 0.0892. The van der Waals surface area contributed by atoms with Gasteiger partial charge in [-0.25, -0.2) is 0 Å². The third-order valence-electron chi connectivity index (χ3n) is 5.37. The van der Waals surface area contributed by atoms with Crippen LogP contribution in [0.2, 0.25) is 0 Å². The van der Waals surface area contributed by atoms with Gasteiger partial charge in [0.25, 0.3) is 0 Å². The zero-order valence-electron chi connectivity index (χ0n) is 17.2. The Morgan fingerprint density at radius 2 is 1.93 bits per heavy atom. The van der Waals surface area contributed by atoms with E-state index in [9.17, 15) is 18.0 Å². The Hall–Kier alpha value is -2.23. The van der Waals surface area contributed by atoms with Crippen molar-refractivity contribution in [3.63, 3.8) is 0 Å². The monoisotopic (exact) mass is 441 g/mol. The van der Waals surface area contributed by atoms with Crippen LogP contribution in [0.25, 0.3) is 0 Å². The van der Waals surface area contributed by atoms with Gasteiger partial charge in [0, 0.05) is 24.8 Å². The first-order valence-corrected chi connectivity index (χ1v) is 10.9. The molecule has 0 bridgehead atoms. The minimum Gasteiger partial charge on any atom is -0.378 e. The summed E-state index contributed by atoms with van der Waals surface area (Å²) < 4.78 is 40.3. The molecular weight excluding hydrogens is 415 g/mol. The number of likely N-dealkylation sites (tertiary alicyclic amines) is 1. The van der Waals surface area contributed by atoms with Crippen molar-refractivity contribution >= 4 is 23.4 Å². The highest BCUT2D eigenvalue weighted by Crippen LogP contribution is 2.31. The van der Waals surface area contributed by atoms with Gasteiger partial charge < -0.3 is 14.8 Å². The number of rotatable bonds is 6. The van der Waals surface area contributed by atoms with E-state index in [1.807, 2.05) is 4.90 Å². The lowest BCUT2D eigenvalue weighted by atomic mass is 9.98. The number of amides is 1. The molecule has 0 radical (unpaired) electrons. The molecule has 1 fully saturated rings. The molecule has 1 amide bonds. The molecule has 3 rings (SSSR count). The summed E-state index contributed by atoms with van der Waals surface area (Å²) in [5, 5.41) is 11.8. The van der Waals surface area contributed by atoms with Crippen LogP contribution in [0.4, 0.5) is 18.9 Å². The van der Waals surface area contributed by atoms with Gasteiger partial charge in [0.05, 0.1) is 17.9 Å². The molecule has 1 aromatic heterocycles. The lowest BCUT2D eigenvalue weighted by Crippen LogP contribution is -2.48. The molecule has 1 aromatic carbocycles. The third-order valence-corrected chi connectivity index (χ3v) is 6.38. The predicted molar refractivity (Wildman–Crippen MR) is 110 cm³/mol. The van der Waals surface area contributed by atoms with Crippen molar-refractivity contribution in [1.29, 1.82) is 0 Å². The first-order chi connectivity index (χ1) is 14.2. The number of anilines is 1. The minimum atomic E-state index is -4.39. The molecule has 0 saturated carbocycles. The molecule has 10 heteroatoms. The van der Waals surface area contributed by atoms with E-state index in [1.165, 1.54) is 17.8 Å². The molecule has 1 saturated heterocycles. The SMILES string of the molecule is CC1CCCC(C)N1C(=O)CSc1nnc(CNc2cccc(C(F)(F)F)c2)n1C. The standard InChI is InChI=1S/C20H26F3N5OS/c1-13-6-4-7-14(2)28(13)18(29)12-30-19-26-25-17(27(19)3)11-24-16-9-5-8-15(10-16)20(21,22)23/h5,8-10,13-14,24H,4,6-7,11-12H2,1-3H3. The molecule has 0 aliphatic carbocycles. The number of nitrogens with one attached hydrogen (secondary N) is 1. The van der Waals surface area contributed by atoms with Crippen LogP contribution in [0.15, 0.2) is 29.4 Å². The number of piperidine rings is 1. The number of thioether (sulfide) groups is 1. The van der Waals surface area contributed by atoms with Crippen LogP contribution in [0.5, 0.6) is 0 Å². The van der Waals surface area contributed by atoms with E-state index in [0.717, 1.165) is 31.4 Å². The van der Waals surface area contributed by atoms with E-state index in [0.29, 0.717) is 16.7 Å². The number of alkyl halides is 3. The Bertz CT molecular complexity index is 876. The average molecular weight is 442 g/mol. The van der Waals surface area contributed by atoms with E-state index in [2.05, 4.69) is 29.4 Å². The smallest absolute Gasteiger partial charge is 0.378 e. The van der Waals surface area contributed by atoms with Gasteiger partial charge in [-0.1, -0.05) is 17.8 Å². The number of carbonyl (C=O) groups excluding carboxylic acids is 1. The molecule has 6 nitrogen and oxygen atoms in total. The first-order valence-electron chi connectivity index (χ1n) is 9.90. The molecule has 1 aliphatic rings. The van der Waals surface area contributed by atoms with E-state index in [4.69, 9.17) is 0 Å². The number of hydrogen-bond donors (Lipinski definition) is 1. The number of aromatic nitrogens is 3. The zero-order valence-corrected chi connectivity index (χ0v) is 18.1. The van der Waals surface area contributed by atoms with Crippen LogP contribution in [0.1, 0.15) is 44.5 Å². The summed E-state index contributed by atoms with van der Waals surface area (Å²) in [6.45, 7) is 4.38. The van der Waals surface area contributed by atoms with Crippen molar-refractivity contribution in [3.8, 4) is 0 Å². The quantitative estimate of drug-likeness (QED) is 0.676. The summed E-state index contributed by atoms with van der Waals surface area (Å²) >= 11 is 1.32. The van der Waals surface area contributed by atoms with Crippen molar-refractivity contribution in [2.45, 2.75) is 63.1 Å². The topological polar surface area (TPSA) is 63.1 Å². The molecule has 2 unspecified atom stereocenters. The molecule has 1 aliphatic heterocycles. The summed E-state index contributed by atoms with van der Waals surface area (Å²) in [4.78, 5) is 14.6. The van der Waals surface area contributed by atoms with Gasteiger partial charge in [-0.05, 0) is 51.3 Å². The van der Waals surface area contributed by atoms with E-state index in [-0.39, 0.29) is 30.3 Å².